The summed E-state index contributed by atoms with van der Waals surface area (Å²) < 4.78 is 0. The first-order valence-corrected chi connectivity index (χ1v) is 5.54. The van der Waals surface area contributed by atoms with Gasteiger partial charge in [0.05, 0.1) is 10.7 Å². The van der Waals surface area contributed by atoms with Gasteiger partial charge in [-0.05, 0) is 37.5 Å². The minimum Gasteiger partial charge on any atom is -0.370 e. The number of halogens is 2. The zero-order valence-electron chi connectivity index (χ0n) is 7.84. The Labute approximate surface area is 94.6 Å². The molecule has 3 heteroatoms. The number of hydrogen-bond acceptors (Lipinski definition) is 1. The smallest absolute Gasteiger partial charge is 0.0654 e. The zero-order valence-corrected chi connectivity index (χ0v) is 9.35. The van der Waals surface area contributed by atoms with E-state index in [1.165, 1.54) is 0 Å². The summed E-state index contributed by atoms with van der Waals surface area (Å²) in [4.78, 5) is 2.30. The van der Waals surface area contributed by atoms with Crippen LogP contribution in [0.5, 0.6) is 0 Å². The van der Waals surface area contributed by atoms with Crippen molar-refractivity contribution in [1.29, 1.82) is 0 Å². The molecule has 1 aliphatic rings. The van der Waals surface area contributed by atoms with Crippen molar-refractivity contribution in [2.45, 2.75) is 12.8 Å². The Morgan fingerprint density at radius 3 is 2.43 bits per heavy atom. The standard InChI is InChI=1S/C11H12Cl2N/c12-9-4-5-11(10(13)8-9)14-6-2-1-3-7-14/h1,4-5,8H,2-3,6-7H2. The molecule has 1 aromatic carbocycles. The van der Waals surface area contributed by atoms with Gasteiger partial charge in [-0.1, -0.05) is 23.2 Å². The highest BCUT2D eigenvalue weighted by Gasteiger charge is 2.13. The van der Waals surface area contributed by atoms with E-state index < -0.39 is 0 Å². The summed E-state index contributed by atoms with van der Waals surface area (Å²) in [6, 6.07) is 5.69. The van der Waals surface area contributed by atoms with E-state index in [-0.39, 0.29) is 0 Å². The summed E-state index contributed by atoms with van der Waals surface area (Å²) in [5.74, 6) is 0. The number of nitrogens with zero attached hydrogens (tertiary/aromatic N) is 1. The Bertz CT molecular complexity index is 319. The molecule has 0 amide bonds. The van der Waals surface area contributed by atoms with Gasteiger partial charge in [0.1, 0.15) is 0 Å². The molecule has 2 rings (SSSR count). The highest BCUT2D eigenvalue weighted by atomic mass is 35.5. The maximum Gasteiger partial charge on any atom is 0.0654 e. The van der Waals surface area contributed by atoms with Gasteiger partial charge in [0.2, 0.25) is 0 Å². The average molecular weight is 229 g/mol. The quantitative estimate of drug-likeness (QED) is 0.707. The molecule has 0 spiro atoms. The van der Waals surface area contributed by atoms with Crippen LogP contribution in [0.15, 0.2) is 18.2 Å². The minimum atomic E-state index is 0.697. The molecule has 1 fully saturated rings. The molecule has 0 unspecified atom stereocenters. The Kier molecular flexibility index (Phi) is 3.19. The lowest BCUT2D eigenvalue weighted by Gasteiger charge is -2.29. The highest BCUT2D eigenvalue weighted by molar-refractivity contribution is 6.36. The van der Waals surface area contributed by atoms with Crippen LogP contribution in [-0.4, -0.2) is 13.1 Å². The SMILES string of the molecule is Clc1ccc(N2CC[CH]CC2)c(Cl)c1. The Morgan fingerprint density at radius 2 is 1.79 bits per heavy atom. The van der Waals surface area contributed by atoms with Crippen molar-refractivity contribution in [1.82, 2.24) is 0 Å². The molecule has 0 aliphatic carbocycles. The lowest BCUT2D eigenvalue weighted by molar-refractivity contribution is 0.679. The third-order valence-corrected chi connectivity index (χ3v) is 2.99. The number of rotatable bonds is 1. The molecule has 75 valence electrons. The molecule has 1 nitrogen and oxygen atoms in total. The maximum absolute atomic E-state index is 6.13. The molecule has 0 atom stereocenters. The van der Waals surface area contributed by atoms with Gasteiger partial charge in [0.25, 0.3) is 0 Å². The fraction of sp³-hybridized carbons (Fsp3) is 0.364. The van der Waals surface area contributed by atoms with Crippen molar-refractivity contribution in [3.63, 3.8) is 0 Å². The molecule has 14 heavy (non-hydrogen) atoms. The number of piperidine rings is 1. The van der Waals surface area contributed by atoms with Crippen LogP contribution in [0.1, 0.15) is 12.8 Å². The molecule has 1 heterocycles. The average Bonchev–Trinajstić information content (AvgIpc) is 2.19. The second-order valence-corrected chi connectivity index (χ2v) is 4.29. The number of benzene rings is 1. The van der Waals surface area contributed by atoms with Crippen molar-refractivity contribution in [3.8, 4) is 0 Å². The highest BCUT2D eigenvalue weighted by Crippen LogP contribution is 2.30. The van der Waals surface area contributed by atoms with Crippen LogP contribution >= 0.6 is 23.2 Å². The van der Waals surface area contributed by atoms with Gasteiger partial charge in [-0.3, -0.25) is 0 Å². The first kappa shape index (κ1) is 10.1. The van der Waals surface area contributed by atoms with E-state index in [0.717, 1.165) is 36.6 Å². The lowest BCUT2D eigenvalue weighted by Crippen LogP contribution is -2.29. The summed E-state index contributed by atoms with van der Waals surface area (Å²) in [5, 5.41) is 1.45. The molecule has 1 aromatic rings. The third kappa shape index (κ3) is 2.15. The maximum atomic E-state index is 6.13. The summed E-state index contributed by atoms with van der Waals surface area (Å²) >= 11 is 12.0. The van der Waals surface area contributed by atoms with Crippen LogP contribution in [0.25, 0.3) is 0 Å². The van der Waals surface area contributed by atoms with Gasteiger partial charge in [-0.2, -0.15) is 0 Å². The summed E-state index contributed by atoms with van der Waals surface area (Å²) in [6.07, 6.45) is 4.60. The number of anilines is 1. The lowest BCUT2D eigenvalue weighted by atomic mass is 10.1. The second kappa shape index (κ2) is 4.41. The largest absolute Gasteiger partial charge is 0.370 e. The van der Waals surface area contributed by atoms with E-state index in [1.54, 1.807) is 6.07 Å². The van der Waals surface area contributed by atoms with Crippen molar-refractivity contribution < 1.29 is 0 Å². The Morgan fingerprint density at radius 1 is 1.07 bits per heavy atom. The van der Waals surface area contributed by atoms with Gasteiger partial charge in [0, 0.05) is 18.1 Å². The third-order valence-electron chi connectivity index (χ3n) is 2.46. The van der Waals surface area contributed by atoms with Gasteiger partial charge in [-0.25, -0.2) is 0 Å². The fourth-order valence-corrected chi connectivity index (χ4v) is 2.26. The van der Waals surface area contributed by atoms with Crippen LogP contribution in [0.4, 0.5) is 5.69 Å². The predicted octanol–water partition coefficient (Wildman–Crippen LogP) is 3.80. The monoisotopic (exact) mass is 228 g/mol. The van der Waals surface area contributed by atoms with E-state index >= 15 is 0 Å². The number of hydrogen-bond donors (Lipinski definition) is 0. The zero-order chi connectivity index (χ0) is 9.97. The Hall–Kier alpha value is -0.400. The molecule has 0 aromatic heterocycles. The summed E-state index contributed by atoms with van der Waals surface area (Å²) in [7, 11) is 0. The van der Waals surface area contributed by atoms with Gasteiger partial charge in [-0.15, -0.1) is 0 Å². The molecular weight excluding hydrogens is 217 g/mol. The van der Waals surface area contributed by atoms with Crippen molar-refractivity contribution in [2.75, 3.05) is 18.0 Å². The van der Waals surface area contributed by atoms with E-state index in [9.17, 15) is 0 Å². The van der Waals surface area contributed by atoms with E-state index in [1.807, 2.05) is 12.1 Å². The van der Waals surface area contributed by atoms with Gasteiger partial charge < -0.3 is 4.90 Å². The normalized spacial score (nSPS) is 17.1. The van der Waals surface area contributed by atoms with E-state index in [0.29, 0.717) is 5.02 Å². The van der Waals surface area contributed by atoms with Crippen LogP contribution < -0.4 is 4.90 Å². The molecule has 1 aliphatic heterocycles. The molecule has 0 N–H and O–H groups in total. The van der Waals surface area contributed by atoms with E-state index in [2.05, 4.69) is 11.3 Å². The first-order chi connectivity index (χ1) is 6.77. The summed E-state index contributed by atoms with van der Waals surface area (Å²) in [6.45, 7) is 2.11. The van der Waals surface area contributed by atoms with Crippen LogP contribution in [0, 0.1) is 6.42 Å². The van der Waals surface area contributed by atoms with E-state index in [4.69, 9.17) is 23.2 Å². The fourth-order valence-electron chi connectivity index (χ4n) is 1.73. The first-order valence-electron chi connectivity index (χ1n) is 4.79. The van der Waals surface area contributed by atoms with Crippen LogP contribution in [-0.2, 0) is 0 Å². The molecular formula is C11H12Cl2N. The minimum absolute atomic E-state index is 0.697. The predicted molar refractivity (Wildman–Crippen MR) is 62.2 cm³/mol. The van der Waals surface area contributed by atoms with Gasteiger partial charge in [0.15, 0.2) is 0 Å². The van der Waals surface area contributed by atoms with Crippen molar-refractivity contribution in [3.05, 3.63) is 34.7 Å². The second-order valence-electron chi connectivity index (χ2n) is 3.45. The molecule has 1 radical (unpaired) electrons. The van der Waals surface area contributed by atoms with Crippen molar-refractivity contribution >= 4 is 28.9 Å². The molecule has 0 saturated carbocycles. The van der Waals surface area contributed by atoms with Crippen LogP contribution in [0.3, 0.4) is 0 Å². The van der Waals surface area contributed by atoms with Crippen molar-refractivity contribution in [2.24, 2.45) is 0 Å². The molecule has 0 bridgehead atoms. The topological polar surface area (TPSA) is 3.24 Å². The van der Waals surface area contributed by atoms with Gasteiger partial charge >= 0.3 is 0 Å². The van der Waals surface area contributed by atoms with Crippen LogP contribution in [0.2, 0.25) is 10.0 Å². The summed E-state index contributed by atoms with van der Waals surface area (Å²) in [5.41, 5.74) is 1.10. The Balaban J connectivity index is 2.22. The molecule has 1 saturated heterocycles.